The van der Waals surface area contributed by atoms with Crippen LogP contribution in [-0.2, 0) is 4.74 Å². The average molecular weight is 316 g/mol. The first-order valence-corrected chi connectivity index (χ1v) is 6.51. The second-order valence-corrected chi connectivity index (χ2v) is 5.29. The smallest absolute Gasteiger partial charge is 0.350 e. The van der Waals surface area contributed by atoms with Gasteiger partial charge in [-0.2, -0.15) is 4.98 Å². The molecule has 2 rings (SSSR count). The number of alkyl halides is 1. The zero-order valence-electron chi connectivity index (χ0n) is 11.3. The van der Waals surface area contributed by atoms with Gasteiger partial charge in [-0.15, -0.1) is 5.92 Å². The van der Waals surface area contributed by atoms with Gasteiger partial charge in [0.15, 0.2) is 11.1 Å². The van der Waals surface area contributed by atoms with Gasteiger partial charge in [0.25, 0.3) is 0 Å². The summed E-state index contributed by atoms with van der Waals surface area (Å²) in [5.41, 5.74) is -1.62. The molecule has 114 valence electrons. The highest BCUT2D eigenvalue weighted by Gasteiger charge is 2.57. The molecule has 1 aromatic heterocycles. The molecule has 1 fully saturated rings. The summed E-state index contributed by atoms with van der Waals surface area (Å²) in [7, 11) is 0. The molecule has 1 aliphatic rings. The molecule has 0 aromatic carbocycles. The highest BCUT2D eigenvalue weighted by Crippen LogP contribution is 2.43. The summed E-state index contributed by atoms with van der Waals surface area (Å²) in [5, 5.41) is 19.9. The van der Waals surface area contributed by atoms with Crippen LogP contribution in [0.1, 0.15) is 20.1 Å². The molecular weight excluding hydrogens is 302 g/mol. The lowest BCUT2D eigenvalue weighted by Gasteiger charge is -2.25. The Labute approximate surface area is 124 Å². The van der Waals surface area contributed by atoms with E-state index in [2.05, 4.69) is 16.8 Å². The van der Waals surface area contributed by atoms with E-state index in [4.69, 9.17) is 16.3 Å². The molecule has 0 radical (unpaired) electrons. The standard InChI is InChI=1S/C12H14ClN3O5/c1-3-4-12(13)8(18)7(6(2)17)21-9(12)16-5-14-10(19)15-11(16)20/h5-9,17-18H,1-2H3,(H,15,19,20)/t6-,7+,8?,9+,12+/m0/s1. The van der Waals surface area contributed by atoms with Gasteiger partial charge >= 0.3 is 11.4 Å². The largest absolute Gasteiger partial charge is 0.391 e. The van der Waals surface area contributed by atoms with Crippen molar-refractivity contribution in [2.75, 3.05) is 0 Å². The van der Waals surface area contributed by atoms with Crippen LogP contribution in [-0.4, -0.2) is 47.9 Å². The number of nitrogens with one attached hydrogen (secondary N) is 1. The topological polar surface area (TPSA) is 117 Å². The average Bonchev–Trinajstić information content (AvgIpc) is 2.64. The van der Waals surface area contributed by atoms with Crippen LogP contribution in [0.5, 0.6) is 0 Å². The minimum absolute atomic E-state index is 0.804. The fourth-order valence-electron chi connectivity index (χ4n) is 2.20. The number of hydrogen-bond acceptors (Lipinski definition) is 6. The van der Waals surface area contributed by atoms with Crippen molar-refractivity contribution < 1.29 is 14.9 Å². The van der Waals surface area contributed by atoms with Crippen LogP contribution in [0.3, 0.4) is 0 Å². The molecule has 0 spiro atoms. The Balaban J connectivity index is 2.56. The molecule has 5 atom stereocenters. The Kier molecular flexibility index (Phi) is 4.20. The summed E-state index contributed by atoms with van der Waals surface area (Å²) in [5.74, 6) is 5.16. The molecule has 21 heavy (non-hydrogen) atoms. The molecular formula is C12H14ClN3O5. The molecule has 0 amide bonds. The number of aliphatic hydroxyl groups excluding tert-OH is 2. The van der Waals surface area contributed by atoms with Crippen molar-refractivity contribution in [3.05, 3.63) is 27.3 Å². The van der Waals surface area contributed by atoms with Crippen LogP contribution in [0.15, 0.2) is 15.9 Å². The van der Waals surface area contributed by atoms with Crippen molar-refractivity contribution in [2.24, 2.45) is 0 Å². The zero-order valence-corrected chi connectivity index (χ0v) is 12.0. The van der Waals surface area contributed by atoms with Crippen LogP contribution in [0.2, 0.25) is 0 Å². The van der Waals surface area contributed by atoms with Crippen LogP contribution in [0.4, 0.5) is 0 Å². The van der Waals surface area contributed by atoms with Crippen molar-refractivity contribution in [3.8, 4) is 11.8 Å². The van der Waals surface area contributed by atoms with Crippen molar-refractivity contribution >= 4 is 11.6 Å². The first-order valence-electron chi connectivity index (χ1n) is 6.13. The number of H-pyrrole nitrogens is 1. The van der Waals surface area contributed by atoms with Gasteiger partial charge in [0.2, 0.25) is 0 Å². The van der Waals surface area contributed by atoms with Gasteiger partial charge in [-0.25, -0.2) is 9.59 Å². The van der Waals surface area contributed by atoms with E-state index < -0.39 is 40.8 Å². The normalized spacial score (nSPS) is 33.3. The fourth-order valence-corrected chi connectivity index (χ4v) is 2.58. The van der Waals surface area contributed by atoms with Crippen LogP contribution in [0.25, 0.3) is 0 Å². The van der Waals surface area contributed by atoms with Crippen molar-refractivity contribution in [3.63, 3.8) is 0 Å². The Morgan fingerprint density at radius 1 is 1.62 bits per heavy atom. The van der Waals surface area contributed by atoms with Gasteiger partial charge in [-0.1, -0.05) is 17.5 Å². The molecule has 1 unspecified atom stereocenters. The van der Waals surface area contributed by atoms with E-state index >= 15 is 0 Å². The molecule has 1 aliphatic heterocycles. The number of aromatic amines is 1. The molecule has 3 N–H and O–H groups in total. The second kappa shape index (κ2) is 5.61. The molecule has 9 heteroatoms. The fraction of sp³-hybridized carbons (Fsp3) is 0.583. The molecule has 1 aromatic rings. The van der Waals surface area contributed by atoms with E-state index in [1.165, 1.54) is 13.8 Å². The predicted octanol–water partition coefficient (Wildman–Crippen LogP) is -1.43. The summed E-state index contributed by atoms with van der Waals surface area (Å²) in [6.45, 7) is 2.93. The maximum atomic E-state index is 11.8. The van der Waals surface area contributed by atoms with Gasteiger partial charge < -0.3 is 14.9 Å². The lowest BCUT2D eigenvalue weighted by atomic mass is 9.97. The van der Waals surface area contributed by atoms with Crippen molar-refractivity contribution in [1.82, 2.24) is 14.5 Å². The number of ether oxygens (including phenoxy) is 1. The third kappa shape index (κ3) is 2.61. The quantitative estimate of drug-likeness (QED) is 0.455. The molecule has 8 nitrogen and oxygen atoms in total. The predicted molar refractivity (Wildman–Crippen MR) is 72.7 cm³/mol. The number of aliphatic hydroxyl groups is 2. The summed E-state index contributed by atoms with van der Waals surface area (Å²) in [6.07, 6.45) is -3.66. The highest BCUT2D eigenvalue weighted by atomic mass is 35.5. The lowest BCUT2D eigenvalue weighted by molar-refractivity contribution is -0.0776. The highest BCUT2D eigenvalue weighted by molar-refractivity contribution is 6.27. The summed E-state index contributed by atoms with van der Waals surface area (Å²) < 4.78 is 6.40. The Morgan fingerprint density at radius 2 is 2.29 bits per heavy atom. The Morgan fingerprint density at radius 3 is 2.81 bits per heavy atom. The van der Waals surface area contributed by atoms with Crippen molar-refractivity contribution in [1.29, 1.82) is 0 Å². The van der Waals surface area contributed by atoms with Gasteiger partial charge in [0.1, 0.15) is 18.5 Å². The summed E-state index contributed by atoms with van der Waals surface area (Å²) in [6, 6.07) is 0. The first kappa shape index (κ1) is 15.7. The molecule has 1 saturated heterocycles. The van der Waals surface area contributed by atoms with E-state index in [0.717, 1.165) is 10.9 Å². The number of halogens is 1. The van der Waals surface area contributed by atoms with Crippen LogP contribution < -0.4 is 11.4 Å². The molecule has 0 aliphatic carbocycles. The summed E-state index contributed by atoms with van der Waals surface area (Å²) in [4.78, 5) is 26.6. The Hall–Kier alpha value is -1.66. The summed E-state index contributed by atoms with van der Waals surface area (Å²) >= 11 is 6.33. The third-order valence-corrected chi connectivity index (χ3v) is 3.68. The first-order chi connectivity index (χ1) is 9.81. The lowest BCUT2D eigenvalue weighted by Crippen LogP contribution is -2.45. The molecule has 0 saturated carbocycles. The molecule has 2 heterocycles. The molecule has 0 bridgehead atoms. The van der Waals surface area contributed by atoms with Crippen LogP contribution in [0, 0.1) is 11.8 Å². The zero-order chi connectivity index (χ0) is 15.8. The SMILES string of the molecule is CC#C[C@@]1(Cl)C(O)[C@@H]([C@H](C)O)O[C@H]1n1cnc(=O)[nH]c1=O. The van der Waals surface area contributed by atoms with Gasteiger partial charge in [0.05, 0.1) is 6.10 Å². The second-order valence-electron chi connectivity index (χ2n) is 4.67. The number of aromatic nitrogens is 3. The van der Waals surface area contributed by atoms with E-state index in [1.54, 1.807) is 0 Å². The maximum Gasteiger partial charge on any atom is 0.350 e. The third-order valence-electron chi connectivity index (χ3n) is 3.18. The monoisotopic (exact) mass is 315 g/mol. The van der Waals surface area contributed by atoms with E-state index in [9.17, 15) is 19.8 Å². The number of nitrogens with zero attached hydrogens (tertiary/aromatic N) is 2. The van der Waals surface area contributed by atoms with E-state index in [1.807, 2.05) is 4.98 Å². The minimum Gasteiger partial charge on any atom is -0.391 e. The van der Waals surface area contributed by atoms with E-state index in [-0.39, 0.29) is 0 Å². The van der Waals surface area contributed by atoms with Gasteiger partial charge in [-0.3, -0.25) is 9.55 Å². The van der Waals surface area contributed by atoms with Gasteiger partial charge in [-0.05, 0) is 13.8 Å². The number of rotatable bonds is 2. The van der Waals surface area contributed by atoms with Crippen LogP contribution >= 0.6 is 11.6 Å². The maximum absolute atomic E-state index is 11.8. The van der Waals surface area contributed by atoms with Crippen molar-refractivity contribution in [2.45, 2.75) is 43.3 Å². The number of hydrogen-bond donors (Lipinski definition) is 3. The van der Waals surface area contributed by atoms with Gasteiger partial charge in [0, 0.05) is 0 Å². The minimum atomic E-state index is -1.65. The van der Waals surface area contributed by atoms with E-state index in [0.29, 0.717) is 0 Å². The Bertz CT molecular complexity index is 703.